The Kier molecular flexibility index (Phi) is 13.6. The van der Waals surface area contributed by atoms with Gasteiger partial charge in [0, 0.05) is 54.7 Å². The van der Waals surface area contributed by atoms with E-state index in [2.05, 4.69) is 39.5 Å². The van der Waals surface area contributed by atoms with E-state index in [1.807, 2.05) is 36.4 Å². The van der Waals surface area contributed by atoms with Crippen LogP contribution in [0.15, 0.2) is 138 Å². The van der Waals surface area contributed by atoms with E-state index in [4.69, 9.17) is 9.47 Å². The molecule has 0 spiro atoms. The lowest BCUT2D eigenvalue weighted by Crippen LogP contribution is -2.52. The fourth-order valence-corrected chi connectivity index (χ4v) is 8.53. The van der Waals surface area contributed by atoms with Crippen molar-refractivity contribution in [1.82, 2.24) is 20.1 Å². The van der Waals surface area contributed by atoms with Gasteiger partial charge in [-0.1, -0.05) is 91.0 Å². The number of ether oxygens (including phenoxy) is 2. The first-order valence-electron chi connectivity index (χ1n) is 21.7. The van der Waals surface area contributed by atoms with Crippen molar-refractivity contribution in [3.63, 3.8) is 0 Å². The summed E-state index contributed by atoms with van der Waals surface area (Å²) in [5, 5.41) is 37.0. The molecule has 0 unspecified atom stereocenters. The number of hydrogen-bond acceptors (Lipinski definition) is 10. The Morgan fingerprint density at radius 3 is 2.25 bits per heavy atom. The monoisotopic (exact) mass is 850 g/mol. The van der Waals surface area contributed by atoms with Crippen LogP contribution in [0.4, 0.5) is 0 Å². The van der Waals surface area contributed by atoms with Gasteiger partial charge in [-0.05, 0) is 103 Å². The van der Waals surface area contributed by atoms with Gasteiger partial charge in [-0.3, -0.25) is 14.5 Å². The third-order valence-electron chi connectivity index (χ3n) is 12.3. The van der Waals surface area contributed by atoms with Crippen LogP contribution in [0.1, 0.15) is 57.1 Å². The second kappa shape index (κ2) is 19.8. The molecule has 0 aliphatic carbocycles. The molecule has 2 fully saturated rings. The number of piperidine rings is 1. The standard InChI is InChI=1S/C51H54N4O8/c56-45-20-18-43(44-19-21-47(58)53-48(44)45)46(57)29-52-25-22-35-14-16-39(17-15-35)49(59)55-31-38(32-55)34-62-42-13-7-12-41(28-42)51(61,40-10-5-2-6-11-40)50(60)63-33-37-23-26-54(27-24-37)30-36-8-3-1-4-9-36/h1-21,28,37-38,46,52,56-57,61H,22-27,29-34H2,(H,53,58)/t46-,51-/m0/s1. The number of nitrogens with zero attached hydrogens (tertiary/aromatic N) is 2. The SMILES string of the molecule is O=C(c1ccc(CCNC[C@H](O)c2ccc(O)c3[nH]c(=O)ccc23)cc1)N1CC(COc2cccc([C@](O)(C(=O)OCC3CCN(Cc4ccccc4)CC3)c3ccccc3)c2)C1. The van der Waals surface area contributed by atoms with Gasteiger partial charge in [0.2, 0.25) is 11.2 Å². The van der Waals surface area contributed by atoms with Crippen molar-refractivity contribution in [2.24, 2.45) is 11.8 Å². The van der Waals surface area contributed by atoms with Gasteiger partial charge in [-0.25, -0.2) is 4.79 Å². The lowest BCUT2D eigenvalue weighted by atomic mass is 9.86. The highest BCUT2D eigenvalue weighted by Gasteiger charge is 2.42. The van der Waals surface area contributed by atoms with Crippen LogP contribution >= 0.6 is 0 Å². The summed E-state index contributed by atoms with van der Waals surface area (Å²) in [7, 11) is 0. The third-order valence-corrected chi connectivity index (χ3v) is 12.3. The zero-order chi connectivity index (χ0) is 43.8. The number of esters is 1. The van der Waals surface area contributed by atoms with Crippen LogP contribution in [0.5, 0.6) is 11.5 Å². The molecule has 5 aromatic carbocycles. The first-order chi connectivity index (χ1) is 30.6. The first-order valence-corrected chi connectivity index (χ1v) is 21.7. The number of rotatable bonds is 17. The van der Waals surface area contributed by atoms with Crippen molar-refractivity contribution in [1.29, 1.82) is 0 Å². The van der Waals surface area contributed by atoms with E-state index in [0.29, 0.717) is 71.6 Å². The van der Waals surface area contributed by atoms with Crippen LogP contribution in [0.25, 0.3) is 10.9 Å². The van der Waals surface area contributed by atoms with E-state index < -0.39 is 17.7 Å². The summed E-state index contributed by atoms with van der Waals surface area (Å²) < 4.78 is 12.1. The van der Waals surface area contributed by atoms with Gasteiger partial charge in [0.05, 0.1) is 24.8 Å². The van der Waals surface area contributed by atoms with E-state index in [0.717, 1.165) is 38.0 Å². The molecule has 1 aromatic heterocycles. The Labute approximate surface area is 366 Å². The van der Waals surface area contributed by atoms with Crippen molar-refractivity contribution in [2.75, 3.05) is 52.5 Å². The van der Waals surface area contributed by atoms with Gasteiger partial charge in [0.25, 0.3) is 5.91 Å². The second-order valence-electron chi connectivity index (χ2n) is 16.7. The van der Waals surface area contributed by atoms with Crippen molar-refractivity contribution < 1.29 is 34.4 Å². The summed E-state index contributed by atoms with van der Waals surface area (Å²) in [5.74, 6) is 0.0263. The molecule has 8 rings (SSSR count). The molecule has 12 nitrogen and oxygen atoms in total. The smallest absolute Gasteiger partial charge is 0.347 e. The van der Waals surface area contributed by atoms with Gasteiger partial charge in [-0.2, -0.15) is 0 Å². The minimum Gasteiger partial charge on any atom is -0.506 e. The lowest BCUT2D eigenvalue weighted by Gasteiger charge is -2.39. The lowest BCUT2D eigenvalue weighted by molar-refractivity contribution is -0.164. The molecule has 12 heteroatoms. The number of H-pyrrole nitrogens is 1. The summed E-state index contributed by atoms with van der Waals surface area (Å²) in [6.45, 7) is 5.32. The second-order valence-corrected chi connectivity index (χ2v) is 16.7. The maximum absolute atomic E-state index is 13.9. The van der Waals surface area contributed by atoms with Crippen LogP contribution < -0.4 is 15.6 Å². The maximum Gasteiger partial charge on any atom is 0.347 e. The fraction of sp³-hybridized carbons (Fsp3) is 0.314. The number of aromatic hydroxyl groups is 1. The van der Waals surface area contributed by atoms with Crippen molar-refractivity contribution in [3.8, 4) is 11.5 Å². The number of fused-ring (bicyclic) bond motifs is 1. The Morgan fingerprint density at radius 2 is 1.51 bits per heavy atom. The molecule has 0 saturated carbocycles. The van der Waals surface area contributed by atoms with Gasteiger partial charge in [0.1, 0.15) is 11.5 Å². The van der Waals surface area contributed by atoms with E-state index >= 15 is 0 Å². The summed E-state index contributed by atoms with van der Waals surface area (Å²) in [6, 6.07) is 39.9. The molecule has 5 N–H and O–H groups in total. The molecule has 0 radical (unpaired) electrons. The van der Waals surface area contributed by atoms with Gasteiger partial charge in [-0.15, -0.1) is 0 Å². The van der Waals surface area contributed by atoms with Crippen LogP contribution in [0, 0.1) is 11.8 Å². The number of aromatic nitrogens is 1. The number of hydrogen-bond donors (Lipinski definition) is 5. The molecular formula is C51H54N4O8. The Balaban J connectivity index is 0.788. The van der Waals surface area contributed by atoms with E-state index in [9.17, 15) is 29.7 Å². The topological polar surface area (TPSA) is 165 Å². The highest BCUT2D eigenvalue weighted by Crippen LogP contribution is 2.34. The summed E-state index contributed by atoms with van der Waals surface area (Å²) >= 11 is 0. The van der Waals surface area contributed by atoms with Gasteiger partial charge < -0.3 is 40.0 Å². The summed E-state index contributed by atoms with van der Waals surface area (Å²) in [5.41, 5.74) is 2.25. The van der Waals surface area contributed by atoms with Gasteiger partial charge >= 0.3 is 5.97 Å². The maximum atomic E-state index is 13.9. The Hall–Kier alpha value is -6.31. The van der Waals surface area contributed by atoms with E-state index in [1.165, 1.54) is 17.7 Å². The first kappa shape index (κ1) is 43.3. The average molecular weight is 851 g/mol. The number of nitrogens with one attached hydrogen (secondary N) is 2. The number of phenols is 1. The minimum absolute atomic E-state index is 0.0484. The zero-order valence-corrected chi connectivity index (χ0v) is 35.2. The predicted molar refractivity (Wildman–Crippen MR) is 240 cm³/mol. The normalized spacial score (nSPS) is 16.3. The number of phenolic OH excluding ortho intramolecular Hbond substituents is 1. The van der Waals surface area contributed by atoms with Crippen molar-refractivity contribution >= 4 is 22.8 Å². The molecule has 1 amide bonds. The van der Waals surface area contributed by atoms with Crippen LogP contribution in [-0.2, 0) is 28.1 Å². The number of aromatic amines is 1. The molecule has 2 saturated heterocycles. The van der Waals surface area contributed by atoms with Crippen LogP contribution in [-0.4, -0.2) is 94.5 Å². The molecule has 3 heterocycles. The molecular weight excluding hydrogens is 797 g/mol. The van der Waals surface area contributed by atoms with E-state index in [-0.39, 0.29) is 42.2 Å². The number of aliphatic hydroxyl groups is 2. The van der Waals surface area contributed by atoms with Crippen molar-refractivity contribution in [2.45, 2.75) is 37.5 Å². The predicted octanol–water partition coefficient (Wildman–Crippen LogP) is 5.94. The average Bonchev–Trinajstić information content (AvgIpc) is 3.30. The minimum atomic E-state index is -2.03. The fourth-order valence-electron chi connectivity index (χ4n) is 8.53. The molecule has 326 valence electrons. The van der Waals surface area contributed by atoms with Gasteiger partial charge in [0.15, 0.2) is 0 Å². The Bertz CT molecular complexity index is 2540. The number of aliphatic hydroxyl groups excluding tert-OH is 1. The molecule has 2 aliphatic rings. The number of pyridine rings is 1. The van der Waals surface area contributed by atoms with E-state index in [1.54, 1.807) is 65.6 Å². The Morgan fingerprint density at radius 1 is 0.794 bits per heavy atom. The third kappa shape index (κ3) is 10.3. The highest BCUT2D eigenvalue weighted by molar-refractivity contribution is 5.94. The van der Waals surface area contributed by atoms with Crippen LogP contribution in [0.2, 0.25) is 0 Å². The molecule has 2 aliphatic heterocycles. The zero-order valence-electron chi connectivity index (χ0n) is 35.2. The molecule has 6 aromatic rings. The summed E-state index contributed by atoms with van der Waals surface area (Å²) in [6.07, 6.45) is 1.66. The number of likely N-dealkylation sites (tertiary alicyclic amines) is 2. The molecule has 63 heavy (non-hydrogen) atoms. The quantitative estimate of drug-likeness (QED) is 0.0548. The number of benzene rings is 5. The number of amides is 1. The van der Waals surface area contributed by atoms with Crippen molar-refractivity contribution in [3.05, 3.63) is 177 Å². The molecule has 0 bridgehead atoms. The largest absolute Gasteiger partial charge is 0.506 e. The van der Waals surface area contributed by atoms with Crippen LogP contribution in [0.3, 0.4) is 0 Å². The highest BCUT2D eigenvalue weighted by atomic mass is 16.5. The number of carbonyl (C=O) groups excluding carboxylic acids is 2. The molecule has 2 atom stereocenters. The number of carbonyl (C=O) groups is 2. The summed E-state index contributed by atoms with van der Waals surface area (Å²) in [4.78, 5) is 45.7.